The Morgan fingerprint density at radius 2 is 2.00 bits per heavy atom. The van der Waals surface area contributed by atoms with Crippen LogP contribution in [0.5, 0.6) is 0 Å². The van der Waals surface area contributed by atoms with E-state index in [1.807, 2.05) is 12.1 Å². The highest BCUT2D eigenvalue weighted by atomic mass is 35.5. The van der Waals surface area contributed by atoms with Gasteiger partial charge in [0.2, 0.25) is 0 Å². The molecule has 0 heterocycles. The Labute approximate surface area is 76.1 Å². The van der Waals surface area contributed by atoms with Gasteiger partial charge in [0.15, 0.2) is 0 Å². The summed E-state index contributed by atoms with van der Waals surface area (Å²) in [5.74, 6) is 0. The van der Waals surface area contributed by atoms with Crippen molar-refractivity contribution in [3.63, 3.8) is 0 Å². The largest absolute Gasteiger partial charge is 0.258 e. The Kier molecular flexibility index (Phi) is 3.18. The van der Waals surface area contributed by atoms with E-state index >= 15 is 0 Å². The molecular weight excluding hydrogens is 181 g/mol. The molecule has 1 aromatic carbocycles. The van der Waals surface area contributed by atoms with Crippen LogP contribution in [0.1, 0.15) is 5.56 Å². The van der Waals surface area contributed by atoms with Crippen LogP contribution < -0.4 is 5.73 Å². The van der Waals surface area contributed by atoms with Crippen LogP contribution in [0.2, 0.25) is 10.0 Å². The molecule has 0 unspecified atom stereocenters. The highest BCUT2D eigenvalue weighted by molar-refractivity contribution is 6.42. The Hall–Kier alpha value is -0.240. The van der Waals surface area contributed by atoms with Crippen LogP contribution in [-0.2, 0) is 6.42 Å². The Balaban J connectivity index is 2.96. The maximum absolute atomic E-state index is 7.01. The predicted molar refractivity (Wildman–Crippen MR) is 48.1 cm³/mol. The van der Waals surface area contributed by atoms with Crippen molar-refractivity contribution in [2.45, 2.75) is 6.42 Å². The van der Waals surface area contributed by atoms with Crippen molar-refractivity contribution in [1.29, 1.82) is 0 Å². The molecule has 1 radical (unpaired) electrons. The third-order valence-electron chi connectivity index (χ3n) is 1.43. The minimum Gasteiger partial charge on any atom is -0.258 e. The lowest BCUT2D eigenvalue weighted by Gasteiger charge is -2.02. The predicted octanol–water partition coefficient (Wildman–Crippen LogP) is 2.82. The van der Waals surface area contributed by atoms with Gasteiger partial charge >= 0.3 is 0 Å². The molecule has 3 heteroatoms. The van der Waals surface area contributed by atoms with Gasteiger partial charge in [-0.15, -0.1) is 0 Å². The van der Waals surface area contributed by atoms with Crippen molar-refractivity contribution >= 4 is 23.2 Å². The molecule has 0 saturated heterocycles. The molecule has 0 saturated carbocycles. The van der Waals surface area contributed by atoms with E-state index in [4.69, 9.17) is 28.9 Å². The lowest BCUT2D eigenvalue weighted by atomic mass is 10.1. The van der Waals surface area contributed by atoms with Gasteiger partial charge in [-0.05, 0) is 18.1 Å². The monoisotopic (exact) mass is 188 g/mol. The van der Waals surface area contributed by atoms with Crippen LogP contribution in [-0.4, -0.2) is 6.54 Å². The minimum absolute atomic E-state index is 0.347. The van der Waals surface area contributed by atoms with Gasteiger partial charge in [-0.25, -0.2) is 0 Å². The van der Waals surface area contributed by atoms with E-state index in [1.54, 1.807) is 6.07 Å². The van der Waals surface area contributed by atoms with Gasteiger partial charge in [-0.1, -0.05) is 35.3 Å². The summed E-state index contributed by atoms with van der Waals surface area (Å²) < 4.78 is 0. The molecule has 0 aliphatic rings. The molecule has 0 aliphatic carbocycles. The normalized spacial score (nSPS) is 10.1. The average molecular weight is 189 g/mol. The summed E-state index contributed by atoms with van der Waals surface area (Å²) in [6, 6.07) is 5.49. The molecule has 0 aromatic heterocycles. The first-order valence-electron chi connectivity index (χ1n) is 3.33. The van der Waals surface area contributed by atoms with E-state index in [2.05, 4.69) is 0 Å². The first kappa shape index (κ1) is 8.85. The zero-order valence-electron chi connectivity index (χ0n) is 5.90. The molecule has 59 valence electrons. The second-order valence-corrected chi connectivity index (χ2v) is 3.00. The van der Waals surface area contributed by atoms with Crippen molar-refractivity contribution in [1.82, 2.24) is 5.73 Å². The van der Waals surface area contributed by atoms with Crippen molar-refractivity contribution in [2.24, 2.45) is 0 Å². The molecule has 1 aromatic rings. The van der Waals surface area contributed by atoms with E-state index < -0.39 is 0 Å². The number of halogens is 2. The standard InChI is InChI=1S/C8H8Cl2N/c9-7-3-1-2-6(4-5-11)8(7)10/h1-3,11H,4-5H2. The molecule has 1 rings (SSSR count). The molecule has 1 nitrogen and oxygen atoms in total. The highest BCUT2D eigenvalue weighted by Crippen LogP contribution is 2.25. The summed E-state index contributed by atoms with van der Waals surface area (Å²) >= 11 is 11.6. The first-order chi connectivity index (χ1) is 5.25. The molecule has 0 atom stereocenters. The van der Waals surface area contributed by atoms with Crippen LogP contribution in [0.15, 0.2) is 18.2 Å². The molecule has 0 aliphatic heterocycles. The lowest BCUT2D eigenvalue weighted by Crippen LogP contribution is -1.92. The highest BCUT2D eigenvalue weighted by Gasteiger charge is 2.01. The van der Waals surface area contributed by atoms with Crippen molar-refractivity contribution in [3.8, 4) is 0 Å². The molecule has 1 N–H and O–H groups in total. The van der Waals surface area contributed by atoms with Crippen molar-refractivity contribution in [2.75, 3.05) is 6.54 Å². The van der Waals surface area contributed by atoms with Gasteiger partial charge in [0.05, 0.1) is 10.0 Å². The van der Waals surface area contributed by atoms with E-state index in [9.17, 15) is 0 Å². The first-order valence-corrected chi connectivity index (χ1v) is 4.09. The number of benzene rings is 1. The summed E-state index contributed by atoms with van der Waals surface area (Å²) in [6.45, 7) is 0.347. The minimum atomic E-state index is 0.347. The number of hydrogen-bond acceptors (Lipinski definition) is 0. The summed E-state index contributed by atoms with van der Waals surface area (Å²) in [7, 11) is 0. The maximum Gasteiger partial charge on any atom is 0.0624 e. The summed E-state index contributed by atoms with van der Waals surface area (Å²) in [5, 5.41) is 1.15. The number of nitrogens with one attached hydrogen (secondary N) is 1. The third kappa shape index (κ3) is 2.09. The van der Waals surface area contributed by atoms with Crippen LogP contribution in [0.25, 0.3) is 0 Å². The number of rotatable bonds is 2. The van der Waals surface area contributed by atoms with Crippen LogP contribution in [0.3, 0.4) is 0 Å². The van der Waals surface area contributed by atoms with Crippen LogP contribution in [0, 0.1) is 0 Å². The van der Waals surface area contributed by atoms with E-state index in [1.165, 1.54) is 0 Å². The van der Waals surface area contributed by atoms with Crippen molar-refractivity contribution in [3.05, 3.63) is 33.8 Å². The van der Waals surface area contributed by atoms with Crippen LogP contribution in [0.4, 0.5) is 0 Å². The summed E-state index contributed by atoms with van der Waals surface area (Å²) in [6.07, 6.45) is 0.666. The van der Waals surface area contributed by atoms with E-state index in [-0.39, 0.29) is 0 Å². The fourth-order valence-electron chi connectivity index (χ4n) is 0.876. The van der Waals surface area contributed by atoms with Crippen molar-refractivity contribution < 1.29 is 0 Å². The molecule has 0 fully saturated rings. The van der Waals surface area contributed by atoms with Crippen LogP contribution >= 0.6 is 23.2 Å². The second-order valence-electron chi connectivity index (χ2n) is 2.21. The lowest BCUT2D eigenvalue weighted by molar-refractivity contribution is 0.942. The average Bonchev–Trinajstić information content (AvgIpc) is 1.99. The second kappa shape index (κ2) is 3.96. The van der Waals surface area contributed by atoms with Gasteiger partial charge in [0.25, 0.3) is 0 Å². The summed E-state index contributed by atoms with van der Waals surface area (Å²) in [4.78, 5) is 0. The quantitative estimate of drug-likeness (QED) is 0.683. The topological polar surface area (TPSA) is 23.8 Å². The van der Waals surface area contributed by atoms with Gasteiger partial charge in [0.1, 0.15) is 0 Å². The fraction of sp³-hybridized carbons (Fsp3) is 0.250. The number of hydrogen-bond donors (Lipinski definition) is 0. The molecule has 0 amide bonds. The SMILES string of the molecule is [NH]CCc1cccc(Cl)c1Cl. The van der Waals surface area contributed by atoms with E-state index in [0.29, 0.717) is 23.0 Å². The smallest absolute Gasteiger partial charge is 0.0624 e. The van der Waals surface area contributed by atoms with E-state index in [0.717, 1.165) is 5.56 Å². The van der Waals surface area contributed by atoms with Gasteiger partial charge in [0, 0.05) is 6.54 Å². The molecule has 0 spiro atoms. The maximum atomic E-state index is 7.01. The summed E-state index contributed by atoms with van der Waals surface area (Å²) in [5.41, 5.74) is 7.96. The zero-order valence-corrected chi connectivity index (χ0v) is 7.41. The van der Waals surface area contributed by atoms with Gasteiger partial charge < -0.3 is 0 Å². The Bertz CT molecular complexity index is 248. The Morgan fingerprint density at radius 1 is 1.27 bits per heavy atom. The fourth-order valence-corrected chi connectivity index (χ4v) is 1.29. The zero-order chi connectivity index (χ0) is 8.27. The van der Waals surface area contributed by atoms with Gasteiger partial charge in [-0.3, -0.25) is 5.73 Å². The third-order valence-corrected chi connectivity index (χ3v) is 2.28. The van der Waals surface area contributed by atoms with Gasteiger partial charge in [-0.2, -0.15) is 0 Å². The Morgan fingerprint density at radius 3 is 2.64 bits per heavy atom. The molecule has 0 bridgehead atoms. The molecule has 11 heavy (non-hydrogen) atoms. The molecular formula is C8H8Cl2N.